The molecule has 0 N–H and O–H groups in total. The Morgan fingerprint density at radius 3 is 2.85 bits per heavy atom. The highest BCUT2D eigenvalue weighted by Crippen LogP contribution is 2.36. The highest BCUT2D eigenvalue weighted by Gasteiger charge is 2.41. The summed E-state index contributed by atoms with van der Waals surface area (Å²) in [5.41, 5.74) is 2.32. The first kappa shape index (κ1) is 13.9. The summed E-state index contributed by atoms with van der Waals surface area (Å²) in [6.07, 6.45) is 6.19. The van der Waals surface area contributed by atoms with E-state index in [0.717, 1.165) is 35.8 Å². The predicted molar refractivity (Wildman–Crippen MR) is 82.8 cm³/mol. The van der Waals surface area contributed by atoms with Crippen LogP contribution in [0.15, 0.2) is 22.7 Å². The second kappa shape index (κ2) is 5.72. The average molecular weight is 339 g/mol. The molecule has 1 aromatic rings. The molecule has 0 aliphatic carbocycles. The van der Waals surface area contributed by atoms with Gasteiger partial charge in [-0.15, -0.1) is 0 Å². The molecule has 1 saturated heterocycles. The smallest absolute Gasteiger partial charge is 0.237 e. The Hall–Kier alpha value is -1.10. The zero-order valence-corrected chi connectivity index (χ0v) is 13.0. The number of hydrogen-bond donors (Lipinski definition) is 0. The van der Waals surface area contributed by atoms with Gasteiger partial charge in [0.1, 0.15) is 0 Å². The van der Waals surface area contributed by atoms with E-state index in [-0.39, 0.29) is 11.0 Å². The molecule has 0 radical (unpaired) electrons. The summed E-state index contributed by atoms with van der Waals surface area (Å²) in [7, 11) is 0. The zero-order chi connectivity index (χ0) is 14.1. The molecule has 0 saturated carbocycles. The van der Waals surface area contributed by atoms with Gasteiger partial charge in [0.2, 0.25) is 6.04 Å². The maximum Gasteiger partial charge on any atom is 0.237 e. The van der Waals surface area contributed by atoms with Crippen LogP contribution < -0.4 is 4.90 Å². The number of hydrogen-bond acceptors (Lipinski definition) is 3. The Bertz CT molecular complexity index is 521. The van der Waals surface area contributed by atoms with Crippen LogP contribution in [0.4, 0.5) is 5.69 Å². The molecule has 5 heteroatoms. The quantitative estimate of drug-likeness (QED) is 0.578. The van der Waals surface area contributed by atoms with E-state index in [1.54, 1.807) is 0 Å². The largest absolute Gasteiger partial charge is 0.361 e. The Morgan fingerprint density at radius 1 is 1.25 bits per heavy atom. The van der Waals surface area contributed by atoms with Crippen LogP contribution in [0.2, 0.25) is 0 Å². The summed E-state index contributed by atoms with van der Waals surface area (Å²) in [6.45, 7) is 0.948. The minimum Gasteiger partial charge on any atom is -0.361 e. The summed E-state index contributed by atoms with van der Waals surface area (Å²) in [5, 5.41) is 11.5. The van der Waals surface area contributed by atoms with Crippen molar-refractivity contribution in [3.05, 3.63) is 38.3 Å². The third kappa shape index (κ3) is 2.55. The van der Waals surface area contributed by atoms with Gasteiger partial charge in [0.05, 0.1) is 6.04 Å². The van der Waals surface area contributed by atoms with Crippen molar-refractivity contribution in [2.75, 3.05) is 11.4 Å². The SMILES string of the molecule is O=[N+]([O-])C1Cc2cc(Br)ccc2N2CCCCCCC12. The van der Waals surface area contributed by atoms with Crippen molar-refractivity contribution in [1.82, 2.24) is 0 Å². The minimum absolute atomic E-state index is 0.0664. The van der Waals surface area contributed by atoms with Crippen molar-refractivity contribution in [1.29, 1.82) is 0 Å². The molecule has 0 spiro atoms. The molecular weight excluding hydrogens is 320 g/mol. The lowest BCUT2D eigenvalue weighted by atomic mass is 9.87. The van der Waals surface area contributed by atoms with Gasteiger partial charge < -0.3 is 4.90 Å². The van der Waals surface area contributed by atoms with Crippen LogP contribution in [0.1, 0.15) is 37.7 Å². The minimum atomic E-state index is -0.463. The first-order valence-corrected chi connectivity index (χ1v) is 8.14. The van der Waals surface area contributed by atoms with Crippen molar-refractivity contribution >= 4 is 21.6 Å². The van der Waals surface area contributed by atoms with Crippen LogP contribution in [0.25, 0.3) is 0 Å². The van der Waals surface area contributed by atoms with Gasteiger partial charge in [-0.2, -0.15) is 0 Å². The molecule has 2 aliphatic heterocycles. The van der Waals surface area contributed by atoms with Crippen LogP contribution in [0.5, 0.6) is 0 Å². The lowest BCUT2D eigenvalue weighted by Crippen LogP contribution is -2.52. The lowest BCUT2D eigenvalue weighted by Gasteiger charge is -2.41. The van der Waals surface area contributed by atoms with E-state index in [4.69, 9.17) is 0 Å². The molecular formula is C15H19BrN2O2. The molecule has 2 aliphatic rings. The molecule has 2 unspecified atom stereocenters. The molecule has 2 atom stereocenters. The van der Waals surface area contributed by atoms with Crippen LogP contribution in [0.3, 0.4) is 0 Å². The Balaban J connectivity index is 2.01. The molecule has 3 rings (SSSR count). The van der Waals surface area contributed by atoms with Gasteiger partial charge in [-0.3, -0.25) is 10.1 Å². The van der Waals surface area contributed by atoms with Gasteiger partial charge in [0.15, 0.2) is 0 Å². The fourth-order valence-corrected chi connectivity index (χ4v) is 3.99. The Labute approximate surface area is 127 Å². The van der Waals surface area contributed by atoms with Crippen LogP contribution in [-0.2, 0) is 6.42 Å². The first-order valence-electron chi connectivity index (χ1n) is 7.35. The third-order valence-corrected chi connectivity index (χ3v) is 5.04. The van der Waals surface area contributed by atoms with Crippen molar-refractivity contribution in [2.45, 2.75) is 50.6 Å². The van der Waals surface area contributed by atoms with Gasteiger partial charge in [0, 0.05) is 28.0 Å². The van der Waals surface area contributed by atoms with Gasteiger partial charge >= 0.3 is 0 Å². The summed E-state index contributed by atoms with van der Waals surface area (Å²) in [5.74, 6) is 0. The maximum absolute atomic E-state index is 11.5. The van der Waals surface area contributed by atoms with Gasteiger partial charge in [-0.05, 0) is 36.6 Å². The first-order chi connectivity index (χ1) is 9.66. The summed E-state index contributed by atoms with van der Waals surface area (Å²) >= 11 is 3.47. The van der Waals surface area contributed by atoms with E-state index in [1.165, 1.54) is 18.5 Å². The average Bonchev–Trinajstić information content (AvgIpc) is 2.37. The number of nitro groups is 1. The maximum atomic E-state index is 11.5. The zero-order valence-electron chi connectivity index (χ0n) is 11.4. The van der Waals surface area contributed by atoms with E-state index < -0.39 is 6.04 Å². The van der Waals surface area contributed by atoms with Gasteiger partial charge in [-0.1, -0.05) is 35.2 Å². The summed E-state index contributed by atoms with van der Waals surface area (Å²) < 4.78 is 1.00. The highest BCUT2D eigenvalue weighted by molar-refractivity contribution is 9.10. The Kier molecular flexibility index (Phi) is 3.96. The van der Waals surface area contributed by atoms with E-state index in [1.807, 2.05) is 12.1 Å². The standard InChI is InChI=1S/C15H19BrN2O2/c16-12-6-7-13-11(9-12)10-15(18(19)20)14-5-3-1-2-4-8-17(13)14/h6-7,9,14-15H,1-5,8,10H2. The van der Waals surface area contributed by atoms with Crippen LogP contribution in [0, 0.1) is 10.1 Å². The normalized spacial score (nSPS) is 26.1. The number of anilines is 1. The number of nitrogens with zero attached hydrogens (tertiary/aromatic N) is 2. The second-order valence-electron chi connectivity index (χ2n) is 5.79. The number of rotatable bonds is 1. The molecule has 108 valence electrons. The van der Waals surface area contributed by atoms with Crippen molar-refractivity contribution in [2.24, 2.45) is 0 Å². The number of fused-ring (bicyclic) bond motifs is 3. The van der Waals surface area contributed by atoms with Crippen molar-refractivity contribution < 1.29 is 4.92 Å². The predicted octanol–water partition coefficient (Wildman–Crippen LogP) is 3.79. The number of halogens is 1. The van der Waals surface area contributed by atoms with Gasteiger partial charge in [0.25, 0.3) is 0 Å². The topological polar surface area (TPSA) is 46.4 Å². The number of benzene rings is 1. The molecule has 2 heterocycles. The molecule has 0 amide bonds. The Morgan fingerprint density at radius 2 is 2.05 bits per heavy atom. The molecule has 0 aromatic heterocycles. The van der Waals surface area contributed by atoms with E-state index >= 15 is 0 Å². The third-order valence-electron chi connectivity index (χ3n) is 4.54. The molecule has 20 heavy (non-hydrogen) atoms. The van der Waals surface area contributed by atoms with E-state index in [0.29, 0.717) is 6.42 Å². The molecule has 1 fully saturated rings. The second-order valence-corrected chi connectivity index (χ2v) is 6.71. The van der Waals surface area contributed by atoms with Gasteiger partial charge in [-0.25, -0.2) is 0 Å². The van der Waals surface area contributed by atoms with Crippen LogP contribution >= 0.6 is 15.9 Å². The molecule has 1 aromatic carbocycles. The highest BCUT2D eigenvalue weighted by atomic mass is 79.9. The van der Waals surface area contributed by atoms with E-state index in [2.05, 4.69) is 26.9 Å². The lowest BCUT2D eigenvalue weighted by molar-refractivity contribution is -0.526. The molecule has 0 bridgehead atoms. The fraction of sp³-hybridized carbons (Fsp3) is 0.600. The van der Waals surface area contributed by atoms with E-state index in [9.17, 15) is 10.1 Å². The summed E-state index contributed by atoms with van der Waals surface area (Å²) in [4.78, 5) is 13.7. The van der Waals surface area contributed by atoms with Crippen molar-refractivity contribution in [3.8, 4) is 0 Å². The van der Waals surface area contributed by atoms with Crippen LogP contribution in [-0.4, -0.2) is 23.6 Å². The fourth-order valence-electron chi connectivity index (χ4n) is 3.58. The van der Waals surface area contributed by atoms with Crippen molar-refractivity contribution in [3.63, 3.8) is 0 Å². The molecule has 4 nitrogen and oxygen atoms in total. The monoisotopic (exact) mass is 338 g/mol. The summed E-state index contributed by atoms with van der Waals surface area (Å²) in [6, 6.07) is 5.81.